The Balaban J connectivity index is 0. The van der Waals surface area contributed by atoms with Gasteiger partial charge in [0.05, 0.1) is 0 Å². The van der Waals surface area contributed by atoms with Crippen LogP contribution >= 0.6 is 0 Å². The number of hydrogen-bond donors (Lipinski definition) is 0. The van der Waals surface area contributed by atoms with E-state index in [0.717, 1.165) is 0 Å². The minimum absolute atomic E-state index is 0.678. The average Bonchev–Trinajstić information content (AvgIpc) is 2.26. The van der Waals surface area contributed by atoms with Gasteiger partial charge in [0.1, 0.15) is 0 Å². The van der Waals surface area contributed by atoms with Gasteiger partial charge in [0, 0.05) is 6.04 Å². The van der Waals surface area contributed by atoms with E-state index >= 15 is 0 Å². The summed E-state index contributed by atoms with van der Waals surface area (Å²) in [5, 5.41) is 0. The van der Waals surface area contributed by atoms with Gasteiger partial charge >= 0.3 is 0 Å². The standard InChI is InChI=1S/C11H26N2.C2H6/c1-6-13(7-2)10-8-9-12(5)11(3)4;1-2/h11H,6-10H2,1-5H3;1-2H3. The summed E-state index contributed by atoms with van der Waals surface area (Å²) in [5.41, 5.74) is 0. The van der Waals surface area contributed by atoms with E-state index in [9.17, 15) is 0 Å². The number of hydrogen-bond acceptors (Lipinski definition) is 2. The van der Waals surface area contributed by atoms with E-state index in [1.165, 1.54) is 32.6 Å². The van der Waals surface area contributed by atoms with Crippen molar-refractivity contribution in [2.75, 3.05) is 33.2 Å². The molecular formula is C13H32N2. The predicted octanol–water partition coefficient (Wildman–Crippen LogP) is 3.08. The summed E-state index contributed by atoms with van der Waals surface area (Å²) in [5.74, 6) is 0. The Hall–Kier alpha value is -0.0800. The van der Waals surface area contributed by atoms with Crippen molar-refractivity contribution in [3.63, 3.8) is 0 Å². The van der Waals surface area contributed by atoms with Gasteiger partial charge in [0.15, 0.2) is 0 Å². The molecule has 0 spiro atoms. The molecule has 0 heterocycles. The summed E-state index contributed by atoms with van der Waals surface area (Å²) >= 11 is 0. The van der Waals surface area contributed by atoms with Crippen LogP contribution in [0, 0.1) is 0 Å². The van der Waals surface area contributed by atoms with Crippen LogP contribution in [0.4, 0.5) is 0 Å². The van der Waals surface area contributed by atoms with Gasteiger partial charge in [-0.05, 0) is 53.5 Å². The van der Waals surface area contributed by atoms with Crippen LogP contribution in [0.25, 0.3) is 0 Å². The molecule has 0 aliphatic heterocycles. The minimum Gasteiger partial charge on any atom is -0.304 e. The van der Waals surface area contributed by atoms with Crippen molar-refractivity contribution < 1.29 is 0 Å². The molecule has 0 unspecified atom stereocenters. The van der Waals surface area contributed by atoms with Gasteiger partial charge in [0.25, 0.3) is 0 Å². The molecule has 2 nitrogen and oxygen atoms in total. The molecule has 0 radical (unpaired) electrons. The molecular weight excluding hydrogens is 184 g/mol. The summed E-state index contributed by atoms with van der Waals surface area (Å²) in [6.45, 7) is 17.8. The van der Waals surface area contributed by atoms with Gasteiger partial charge in [-0.15, -0.1) is 0 Å². The lowest BCUT2D eigenvalue weighted by atomic mass is 10.3. The van der Waals surface area contributed by atoms with E-state index in [1.54, 1.807) is 0 Å². The molecule has 0 saturated heterocycles. The van der Waals surface area contributed by atoms with Crippen LogP contribution in [0.2, 0.25) is 0 Å². The maximum atomic E-state index is 2.48. The predicted molar refractivity (Wildman–Crippen MR) is 71.5 cm³/mol. The summed E-state index contributed by atoms with van der Waals surface area (Å²) < 4.78 is 0. The van der Waals surface area contributed by atoms with Crippen LogP contribution in [-0.2, 0) is 0 Å². The zero-order valence-corrected chi connectivity index (χ0v) is 12.0. The Labute approximate surface area is 97.6 Å². The molecule has 94 valence electrons. The largest absolute Gasteiger partial charge is 0.304 e. The van der Waals surface area contributed by atoms with E-state index in [0.29, 0.717) is 6.04 Å². The third-order valence-corrected chi connectivity index (χ3v) is 2.76. The zero-order chi connectivity index (χ0) is 12.3. The van der Waals surface area contributed by atoms with E-state index in [1.807, 2.05) is 13.8 Å². The van der Waals surface area contributed by atoms with Crippen molar-refractivity contribution in [3.8, 4) is 0 Å². The van der Waals surface area contributed by atoms with Gasteiger partial charge in [-0.25, -0.2) is 0 Å². The maximum absolute atomic E-state index is 2.48. The molecule has 0 aliphatic rings. The van der Waals surface area contributed by atoms with Gasteiger partial charge in [-0.1, -0.05) is 27.7 Å². The van der Waals surface area contributed by atoms with Crippen LogP contribution in [0.15, 0.2) is 0 Å². The number of nitrogens with zero attached hydrogens (tertiary/aromatic N) is 2. The van der Waals surface area contributed by atoms with Crippen LogP contribution in [-0.4, -0.2) is 49.1 Å². The van der Waals surface area contributed by atoms with E-state index in [4.69, 9.17) is 0 Å². The highest BCUT2D eigenvalue weighted by molar-refractivity contribution is 4.59. The van der Waals surface area contributed by atoms with Crippen molar-refractivity contribution in [2.45, 2.75) is 54.0 Å². The SMILES string of the molecule is CC.CCN(CC)CCCN(C)C(C)C. The van der Waals surface area contributed by atoms with Crippen molar-refractivity contribution in [1.29, 1.82) is 0 Å². The Morgan fingerprint density at radius 3 is 1.73 bits per heavy atom. The first kappa shape index (κ1) is 17.3. The molecule has 0 rings (SSSR count). The summed E-state index contributed by atoms with van der Waals surface area (Å²) in [7, 11) is 2.20. The lowest BCUT2D eigenvalue weighted by molar-refractivity contribution is 0.236. The molecule has 0 aliphatic carbocycles. The van der Waals surface area contributed by atoms with Crippen LogP contribution in [0.1, 0.15) is 48.0 Å². The molecule has 0 bridgehead atoms. The van der Waals surface area contributed by atoms with E-state index in [-0.39, 0.29) is 0 Å². The topological polar surface area (TPSA) is 6.48 Å². The molecule has 0 aromatic heterocycles. The fourth-order valence-electron chi connectivity index (χ4n) is 1.34. The quantitative estimate of drug-likeness (QED) is 0.645. The Morgan fingerprint density at radius 2 is 1.40 bits per heavy atom. The van der Waals surface area contributed by atoms with Gasteiger partial charge in [-0.3, -0.25) is 0 Å². The second kappa shape index (κ2) is 12.0. The lowest BCUT2D eigenvalue weighted by Gasteiger charge is -2.23. The zero-order valence-electron chi connectivity index (χ0n) is 12.0. The first-order valence-electron chi connectivity index (χ1n) is 6.54. The van der Waals surface area contributed by atoms with Crippen LogP contribution in [0.3, 0.4) is 0 Å². The lowest BCUT2D eigenvalue weighted by Crippen LogP contribution is -2.31. The molecule has 15 heavy (non-hydrogen) atoms. The molecule has 2 heteroatoms. The van der Waals surface area contributed by atoms with Gasteiger partial charge in [0.2, 0.25) is 0 Å². The fourth-order valence-corrected chi connectivity index (χ4v) is 1.34. The van der Waals surface area contributed by atoms with E-state index < -0.39 is 0 Å². The van der Waals surface area contributed by atoms with Crippen molar-refractivity contribution in [2.24, 2.45) is 0 Å². The average molecular weight is 216 g/mol. The smallest absolute Gasteiger partial charge is 0.00355 e. The highest BCUT2D eigenvalue weighted by Gasteiger charge is 2.03. The molecule has 0 atom stereocenters. The van der Waals surface area contributed by atoms with Gasteiger partial charge in [-0.2, -0.15) is 0 Å². The summed E-state index contributed by atoms with van der Waals surface area (Å²) in [6.07, 6.45) is 1.29. The first-order chi connectivity index (χ1) is 7.11. The highest BCUT2D eigenvalue weighted by Crippen LogP contribution is 1.97. The Bertz CT molecular complexity index is 107. The third kappa shape index (κ3) is 10.2. The van der Waals surface area contributed by atoms with Crippen molar-refractivity contribution in [3.05, 3.63) is 0 Å². The van der Waals surface area contributed by atoms with Gasteiger partial charge < -0.3 is 9.80 Å². The highest BCUT2D eigenvalue weighted by atomic mass is 15.1. The normalized spacial score (nSPS) is 10.8. The minimum atomic E-state index is 0.678. The summed E-state index contributed by atoms with van der Waals surface area (Å²) in [4.78, 5) is 4.89. The summed E-state index contributed by atoms with van der Waals surface area (Å²) in [6, 6.07) is 0.678. The Morgan fingerprint density at radius 1 is 0.933 bits per heavy atom. The first-order valence-corrected chi connectivity index (χ1v) is 6.54. The Kier molecular flexibility index (Phi) is 13.8. The number of rotatable bonds is 7. The molecule has 0 fully saturated rings. The second-order valence-electron chi connectivity index (χ2n) is 3.95. The van der Waals surface area contributed by atoms with Crippen molar-refractivity contribution in [1.82, 2.24) is 9.80 Å². The third-order valence-electron chi connectivity index (χ3n) is 2.76. The monoisotopic (exact) mass is 216 g/mol. The molecule has 0 N–H and O–H groups in total. The maximum Gasteiger partial charge on any atom is 0.00355 e. The molecule has 0 saturated carbocycles. The molecule has 0 aromatic rings. The second-order valence-corrected chi connectivity index (χ2v) is 3.95. The van der Waals surface area contributed by atoms with E-state index in [2.05, 4.69) is 44.5 Å². The molecule has 0 aromatic carbocycles. The van der Waals surface area contributed by atoms with Crippen LogP contribution < -0.4 is 0 Å². The van der Waals surface area contributed by atoms with Crippen molar-refractivity contribution >= 4 is 0 Å². The molecule has 0 amide bonds. The fraction of sp³-hybridized carbons (Fsp3) is 1.00. The van der Waals surface area contributed by atoms with Crippen LogP contribution in [0.5, 0.6) is 0 Å².